The summed E-state index contributed by atoms with van der Waals surface area (Å²) in [5.41, 5.74) is 2.21. The van der Waals surface area contributed by atoms with Gasteiger partial charge in [-0.15, -0.1) is 0 Å². The third kappa shape index (κ3) is 3.71. The first-order valence-electron chi connectivity index (χ1n) is 8.10. The Bertz CT molecular complexity index is 872. The molecule has 0 unspecified atom stereocenters. The summed E-state index contributed by atoms with van der Waals surface area (Å²) in [6.45, 7) is 2.20. The number of rotatable bonds is 4. The van der Waals surface area contributed by atoms with Crippen LogP contribution in [0.4, 0.5) is 11.4 Å². The number of methoxy groups -OCH3 is 1. The van der Waals surface area contributed by atoms with E-state index in [9.17, 15) is 9.59 Å². The maximum absolute atomic E-state index is 12.7. The van der Waals surface area contributed by atoms with E-state index in [0.29, 0.717) is 28.7 Å². The Balaban J connectivity index is 1.76. The van der Waals surface area contributed by atoms with Gasteiger partial charge in [0.1, 0.15) is 5.75 Å². The van der Waals surface area contributed by atoms with Gasteiger partial charge in [-0.1, -0.05) is 23.7 Å². The number of amides is 2. The van der Waals surface area contributed by atoms with Crippen LogP contribution < -0.4 is 15.0 Å². The van der Waals surface area contributed by atoms with Crippen LogP contribution in [-0.2, 0) is 9.59 Å². The van der Waals surface area contributed by atoms with Crippen molar-refractivity contribution in [3.05, 3.63) is 51.5 Å². The molecule has 1 fully saturated rings. The fourth-order valence-electron chi connectivity index (χ4n) is 2.98. The molecular weight excluding hydrogens is 420 g/mol. The molecule has 0 saturated carbocycles. The number of ether oxygens (including phenoxy) is 1. The van der Waals surface area contributed by atoms with Gasteiger partial charge in [-0.2, -0.15) is 0 Å². The van der Waals surface area contributed by atoms with Crippen LogP contribution in [0.25, 0.3) is 0 Å². The Hall–Kier alpha value is -2.05. The molecule has 1 saturated heterocycles. The number of benzene rings is 2. The second-order valence-corrected chi connectivity index (χ2v) is 7.41. The van der Waals surface area contributed by atoms with E-state index in [1.165, 1.54) is 0 Å². The fourth-order valence-corrected chi connectivity index (χ4v) is 3.61. The predicted molar refractivity (Wildman–Crippen MR) is 106 cm³/mol. The van der Waals surface area contributed by atoms with Crippen molar-refractivity contribution in [3.8, 4) is 5.75 Å². The van der Waals surface area contributed by atoms with Gasteiger partial charge < -0.3 is 15.0 Å². The zero-order valence-corrected chi connectivity index (χ0v) is 16.7. The zero-order chi connectivity index (χ0) is 18.8. The quantitative estimate of drug-likeness (QED) is 0.771. The highest BCUT2D eigenvalue weighted by Crippen LogP contribution is 2.34. The van der Waals surface area contributed by atoms with Crippen molar-refractivity contribution in [2.24, 2.45) is 5.92 Å². The maximum Gasteiger partial charge on any atom is 0.229 e. The number of anilines is 2. The van der Waals surface area contributed by atoms with E-state index in [4.69, 9.17) is 16.3 Å². The molecule has 1 aliphatic heterocycles. The number of carbonyl (C=O) groups excluding carboxylic acids is 2. The number of aryl methyl sites for hydroxylation is 1. The van der Waals surface area contributed by atoms with Crippen LogP contribution >= 0.6 is 27.5 Å². The standard InChI is InChI=1S/C19H18BrClN2O3/c1-11-7-13(20)14(21)9-15(11)22-19(25)12-8-18(24)23(10-12)16-5-3-4-6-17(16)26-2/h3-7,9,12H,8,10H2,1-2H3,(H,22,25)/t12-/m1/s1. The first-order valence-corrected chi connectivity index (χ1v) is 9.27. The Morgan fingerprint density at radius 2 is 2.08 bits per heavy atom. The lowest BCUT2D eigenvalue weighted by Crippen LogP contribution is -2.28. The number of nitrogens with zero attached hydrogens (tertiary/aromatic N) is 1. The first-order chi connectivity index (χ1) is 12.4. The highest BCUT2D eigenvalue weighted by molar-refractivity contribution is 9.10. The molecular formula is C19H18BrClN2O3. The van der Waals surface area contributed by atoms with Gasteiger partial charge in [0.05, 0.1) is 23.7 Å². The summed E-state index contributed by atoms with van der Waals surface area (Å²) >= 11 is 9.47. The second kappa shape index (κ2) is 7.68. The van der Waals surface area contributed by atoms with Gasteiger partial charge in [0.25, 0.3) is 0 Å². The predicted octanol–water partition coefficient (Wildman–Crippen LogP) is 4.41. The molecule has 1 atom stereocenters. The maximum atomic E-state index is 12.7. The molecule has 0 radical (unpaired) electrons. The molecule has 0 bridgehead atoms. The molecule has 2 aromatic rings. The Kier molecular flexibility index (Phi) is 5.53. The van der Waals surface area contributed by atoms with Gasteiger partial charge >= 0.3 is 0 Å². The monoisotopic (exact) mass is 436 g/mol. The van der Waals surface area contributed by atoms with Crippen molar-refractivity contribution in [3.63, 3.8) is 0 Å². The summed E-state index contributed by atoms with van der Waals surface area (Å²) in [5.74, 6) is -0.121. The summed E-state index contributed by atoms with van der Waals surface area (Å²) < 4.78 is 6.10. The lowest BCUT2D eigenvalue weighted by molar-refractivity contribution is -0.122. The molecule has 7 heteroatoms. The average Bonchev–Trinajstić information content (AvgIpc) is 3.01. The third-order valence-corrected chi connectivity index (χ3v) is 5.59. The van der Waals surface area contributed by atoms with Crippen LogP contribution in [0.1, 0.15) is 12.0 Å². The van der Waals surface area contributed by atoms with Crippen LogP contribution in [0.3, 0.4) is 0 Å². The molecule has 1 heterocycles. The van der Waals surface area contributed by atoms with Crippen molar-refractivity contribution in [1.29, 1.82) is 0 Å². The van der Waals surface area contributed by atoms with E-state index in [-0.39, 0.29) is 18.2 Å². The van der Waals surface area contributed by atoms with Crippen LogP contribution in [0.2, 0.25) is 5.02 Å². The molecule has 3 rings (SSSR count). The summed E-state index contributed by atoms with van der Waals surface area (Å²) in [6.07, 6.45) is 0.160. The van der Waals surface area contributed by atoms with Crippen molar-refractivity contribution in [1.82, 2.24) is 0 Å². The van der Waals surface area contributed by atoms with Crippen LogP contribution in [0.15, 0.2) is 40.9 Å². The molecule has 1 aliphatic rings. The Morgan fingerprint density at radius 1 is 1.35 bits per heavy atom. The van der Waals surface area contributed by atoms with E-state index >= 15 is 0 Å². The van der Waals surface area contributed by atoms with Crippen LogP contribution in [0, 0.1) is 12.8 Å². The van der Waals surface area contributed by atoms with E-state index in [1.807, 2.05) is 31.2 Å². The molecule has 26 heavy (non-hydrogen) atoms. The fraction of sp³-hybridized carbons (Fsp3) is 0.263. The lowest BCUT2D eigenvalue weighted by Gasteiger charge is -2.19. The average molecular weight is 438 g/mol. The van der Waals surface area contributed by atoms with E-state index in [2.05, 4.69) is 21.2 Å². The number of nitrogens with one attached hydrogen (secondary N) is 1. The highest BCUT2D eigenvalue weighted by Gasteiger charge is 2.36. The molecule has 2 aromatic carbocycles. The Labute approximate surface area is 165 Å². The minimum Gasteiger partial charge on any atom is -0.495 e. The van der Waals surface area contributed by atoms with Crippen molar-refractivity contribution in [2.75, 3.05) is 23.9 Å². The van der Waals surface area contributed by atoms with Gasteiger partial charge in [-0.3, -0.25) is 9.59 Å². The summed E-state index contributed by atoms with van der Waals surface area (Å²) in [5, 5.41) is 3.40. The summed E-state index contributed by atoms with van der Waals surface area (Å²) in [6, 6.07) is 10.8. The molecule has 5 nitrogen and oxygen atoms in total. The minimum atomic E-state index is -0.436. The van der Waals surface area contributed by atoms with Crippen LogP contribution in [0.5, 0.6) is 5.75 Å². The molecule has 0 spiro atoms. The zero-order valence-electron chi connectivity index (χ0n) is 14.4. The molecule has 1 N–H and O–H groups in total. The lowest BCUT2D eigenvalue weighted by atomic mass is 10.1. The van der Waals surface area contributed by atoms with Crippen molar-refractivity contribution >= 4 is 50.7 Å². The minimum absolute atomic E-state index is 0.0970. The van der Waals surface area contributed by atoms with Crippen molar-refractivity contribution in [2.45, 2.75) is 13.3 Å². The second-order valence-electron chi connectivity index (χ2n) is 6.15. The number of hydrogen-bond acceptors (Lipinski definition) is 3. The SMILES string of the molecule is COc1ccccc1N1C[C@H](C(=O)Nc2cc(Cl)c(Br)cc2C)CC1=O. The normalized spacial score (nSPS) is 16.7. The molecule has 0 aliphatic carbocycles. The van der Waals surface area contributed by atoms with Crippen LogP contribution in [-0.4, -0.2) is 25.5 Å². The third-order valence-electron chi connectivity index (χ3n) is 4.40. The van der Waals surface area contributed by atoms with Gasteiger partial charge in [-0.05, 0) is 52.7 Å². The van der Waals surface area contributed by atoms with E-state index in [1.54, 1.807) is 24.1 Å². The smallest absolute Gasteiger partial charge is 0.229 e. The number of para-hydroxylation sites is 2. The highest BCUT2D eigenvalue weighted by atomic mass is 79.9. The molecule has 2 amide bonds. The topological polar surface area (TPSA) is 58.6 Å². The van der Waals surface area contributed by atoms with Gasteiger partial charge in [0.2, 0.25) is 11.8 Å². The Morgan fingerprint density at radius 3 is 2.81 bits per heavy atom. The molecule has 0 aromatic heterocycles. The van der Waals surface area contributed by atoms with E-state index in [0.717, 1.165) is 10.0 Å². The first kappa shape index (κ1) is 18.7. The van der Waals surface area contributed by atoms with Gasteiger partial charge in [0.15, 0.2) is 0 Å². The van der Waals surface area contributed by atoms with Crippen molar-refractivity contribution < 1.29 is 14.3 Å². The largest absolute Gasteiger partial charge is 0.495 e. The van der Waals surface area contributed by atoms with Gasteiger partial charge in [-0.25, -0.2) is 0 Å². The summed E-state index contributed by atoms with van der Waals surface area (Å²) in [7, 11) is 1.56. The summed E-state index contributed by atoms with van der Waals surface area (Å²) in [4.78, 5) is 26.7. The number of carbonyl (C=O) groups is 2. The number of halogens is 2. The molecule has 136 valence electrons. The van der Waals surface area contributed by atoms with E-state index < -0.39 is 5.92 Å². The van der Waals surface area contributed by atoms with Gasteiger partial charge in [0, 0.05) is 23.1 Å². The number of hydrogen-bond donors (Lipinski definition) is 1.